The lowest BCUT2D eigenvalue weighted by Crippen LogP contribution is -2.49. The van der Waals surface area contributed by atoms with Crippen LogP contribution in [0.15, 0.2) is 30.3 Å². The maximum Gasteiger partial charge on any atom is 0.106 e. The lowest BCUT2D eigenvalue weighted by atomic mass is 10.2. The number of rotatable bonds is 3. The van der Waals surface area contributed by atoms with Crippen LogP contribution in [-0.2, 0) is 0 Å². The van der Waals surface area contributed by atoms with E-state index in [1.54, 1.807) is 0 Å². The van der Waals surface area contributed by atoms with Crippen LogP contribution in [0.3, 0.4) is 0 Å². The number of para-hydroxylation sites is 1. The van der Waals surface area contributed by atoms with E-state index in [2.05, 4.69) is 40.1 Å². The third kappa shape index (κ3) is 3.19. The van der Waals surface area contributed by atoms with Crippen molar-refractivity contribution in [1.29, 1.82) is 5.26 Å². The molecule has 0 aliphatic carbocycles. The Kier molecular flexibility index (Phi) is 3.97. The summed E-state index contributed by atoms with van der Waals surface area (Å²) in [7, 11) is 0. The Balaban J connectivity index is 1.85. The molecule has 0 spiro atoms. The number of benzene rings is 1. The van der Waals surface area contributed by atoms with Crippen LogP contribution in [0.4, 0.5) is 5.69 Å². The summed E-state index contributed by atoms with van der Waals surface area (Å²) in [6, 6.07) is 12.1. The molecule has 1 aromatic rings. The molecule has 1 aliphatic heterocycles. The Morgan fingerprint density at radius 2 is 1.82 bits per heavy atom. The zero-order valence-corrected chi connectivity index (χ0v) is 9.92. The molecule has 1 fully saturated rings. The van der Waals surface area contributed by atoms with Gasteiger partial charge in [0.1, 0.15) is 6.04 Å². The Bertz CT molecular complexity index is 376. The molecule has 0 amide bonds. The number of nitriles is 1. The summed E-state index contributed by atoms with van der Waals surface area (Å²) in [5, 5.41) is 8.68. The average Bonchev–Trinajstić information content (AvgIpc) is 2.40. The largest absolute Gasteiger partial charge is 0.369 e. The van der Waals surface area contributed by atoms with Gasteiger partial charge >= 0.3 is 0 Å². The summed E-state index contributed by atoms with van der Waals surface area (Å²) in [6.07, 6.45) is 0. The zero-order chi connectivity index (χ0) is 12.1. The Morgan fingerprint density at radius 1 is 1.18 bits per heavy atom. The van der Waals surface area contributed by atoms with Crippen LogP contribution in [0.2, 0.25) is 0 Å². The SMILES string of the molecule is N#CC(N)CN1CCN(c2ccccc2)CC1. The van der Waals surface area contributed by atoms with Gasteiger partial charge < -0.3 is 10.6 Å². The highest BCUT2D eigenvalue weighted by Gasteiger charge is 2.18. The highest BCUT2D eigenvalue weighted by molar-refractivity contribution is 5.46. The Labute approximate surface area is 102 Å². The second kappa shape index (κ2) is 5.67. The summed E-state index contributed by atoms with van der Waals surface area (Å²) < 4.78 is 0. The molecular weight excluding hydrogens is 212 g/mol. The molecule has 1 saturated heterocycles. The van der Waals surface area contributed by atoms with E-state index >= 15 is 0 Å². The van der Waals surface area contributed by atoms with Gasteiger partial charge in [0.15, 0.2) is 0 Å². The van der Waals surface area contributed by atoms with Crippen LogP contribution in [0.5, 0.6) is 0 Å². The zero-order valence-electron chi connectivity index (χ0n) is 9.92. The van der Waals surface area contributed by atoms with Gasteiger partial charge in [-0.05, 0) is 12.1 Å². The normalized spacial score (nSPS) is 18.7. The first-order chi connectivity index (χ1) is 8.29. The van der Waals surface area contributed by atoms with Crippen LogP contribution >= 0.6 is 0 Å². The summed E-state index contributed by atoms with van der Waals surface area (Å²) in [4.78, 5) is 4.63. The van der Waals surface area contributed by atoms with E-state index in [1.165, 1.54) is 5.69 Å². The molecule has 4 heteroatoms. The number of hydrogen-bond donors (Lipinski definition) is 1. The van der Waals surface area contributed by atoms with Gasteiger partial charge in [-0.25, -0.2) is 0 Å². The van der Waals surface area contributed by atoms with Gasteiger partial charge in [-0.2, -0.15) is 5.26 Å². The second-order valence-electron chi connectivity index (χ2n) is 4.36. The van der Waals surface area contributed by atoms with Crippen LogP contribution in [0.25, 0.3) is 0 Å². The van der Waals surface area contributed by atoms with Crippen LogP contribution in [0, 0.1) is 11.3 Å². The maximum absolute atomic E-state index is 8.68. The van der Waals surface area contributed by atoms with Gasteiger partial charge in [-0.3, -0.25) is 4.90 Å². The fourth-order valence-electron chi connectivity index (χ4n) is 2.15. The molecular formula is C13H18N4. The summed E-state index contributed by atoms with van der Waals surface area (Å²) in [6.45, 7) is 4.64. The van der Waals surface area contributed by atoms with Crippen molar-refractivity contribution in [2.24, 2.45) is 5.73 Å². The lowest BCUT2D eigenvalue weighted by molar-refractivity contribution is 0.254. The topological polar surface area (TPSA) is 56.3 Å². The van der Waals surface area contributed by atoms with Crippen molar-refractivity contribution >= 4 is 5.69 Å². The van der Waals surface area contributed by atoms with Gasteiger partial charge in [-0.15, -0.1) is 0 Å². The predicted octanol–water partition coefficient (Wildman–Crippen LogP) is 0.659. The van der Waals surface area contributed by atoms with Crippen molar-refractivity contribution < 1.29 is 0 Å². The van der Waals surface area contributed by atoms with Gasteiger partial charge in [0, 0.05) is 38.4 Å². The van der Waals surface area contributed by atoms with Gasteiger partial charge in [0.25, 0.3) is 0 Å². The molecule has 4 nitrogen and oxygen atoms in total. The molecule has 0 saturated carbocycles. The lowest BCUT2D eigenvalue weighted by Gasteiger charge is -2.36. The van der Waals surface area contributed by atoms with Crippen LogP contribution in [-0.4, -0.2) is 43.7 Å². The van der Waals surface area contributed by atoms with Crippen molar-refractivity contribution in [2.45, 2.75) is 6.04 Å². The molecule has 1 heterocycles. The van der Waals surface area contributed by atoms with E-state index < -0.39 is 0 Å². The average molecular weight is 230 g/mol. The van der Waals surface area contributed by atoms with Crippen molar-refractivity contribution in [3.63, 3.8) is 0 Å². The minimum Gasteiger partial charge on any atom is -0.369 e. The first-order valence-electron chi connectivity index (χ1n) is 5.97. The van der Waals surface area contributed by atoms with Crippen molar-refractivity contribution in [3.8, 4) is 6.07 Å². The van der Waals surface area contributed by atoms with E-state index in [0.29, 0.717) is 6.54 Å². The summed E-state index contributed by atoms with van der Waals surface area (Å²) >= 11 is 0. The molecule has 1 atom stereocenters. The molecule has 0 radical (unpaired) electrons. The number of nitrogens with two attached hydrogens (primary N) is 1. The fourth-order valence-corrected chi connectivity index (χ4v) is 2.15. The predicted molar refractivity (Wildman–Crippen MR) is 68.7 cm³/mol. The number of piperazine rings is 1. The fraction of sp³-hybridized carbons (Fsp3) is 0.462. The van der Waals surface area contributed by atoms with Gasteiger partial charge in [-0.1, -0.05) is 18.2 Å². The molecule has 0 bridgehead atoms. The first-order valence-corrected chi connectivity index (χ1v) is 5.97. The molecule has 2 rings (SSSR count). The van der Waals surface area contributed by atoms with Crippen LogP contribution < -0.4 is 10.6 Å². The Morgan fingerprint density at radius 3 is 2.41 bits per heavy atom. The first kappa shape index (κ1) is 11.9. The third-order valence-electron chi connectivity index (χ3n) is 3.11. The smallest absolute Gasteiger partial charge is 0.106 e. The van der Waals surface area contributed by atoms with Crippen LogP contribution in [0.1, 0.15) is 0 Å². The minimum atomic E-state index is -0.363. The minimum absolute atomic E-state index is 0.363. The van der Waals surface area contributed by atoms with E-state index in [-0.39, 0.29) is 6.04 Å². The molecule has 17 heavy (non-hydrogen) atoms. The Hall–Kier alpha value is -1.57. The third-order valence-corrected chi connectivity index (χ3v) is 3.11. The molecule has 90 valence electrons. The van der Waals surface area contributed by atoms with Gasteiger partial charge in [0.05, 0.1) is 6.07 Å². The van der Waals surface area contributed by atoms with E-state index in [1.807, 2.05) is 6.07 Å². The van der Waals surface area contributed by atoms with E-state index in [4.69, 9.17) is 11.0 Å². The monoisotopic (exact) mass is 230 g/mol. The number of anilines is 1. The molecule has 2 N–H and O–H groups in total. The number of hydrogen-bond acceptors (Lipinski definition) is 4. The molecule has 0 aromatic heterocycles. The van der Waals surface area contributed by atoms with E-state index in [0.717, 1.165) is 26.2 Å². The highest BCUT2D eigenvalue weighted by Crippen LogP contribution is 2.15. The van der Waals surface area contributed by atoms with Gasteiger partial charge in [0.2, 0.25) is 0 Å². The summed E-state index contributed by atoms with van der Waals surface area (Å²) in [5.74, 6) is 0. The molecule has 1 aliphatic rings. The molecule has 1 unspecified atom stereocenters. The summed E-state index contributed by atoms with van der Waals surface area (Å²) in [5.41, 5.74) is 6.91. The quantitative estimate of drug-likeness (QED) is 0.828. The second-order valence-corrected chi connectivity index (χ2v) is 4.36. The van der Waals surface area contributed by atoms with Crippen molar-refractivity contribution in [1.82, 2.24) is 4.90 Å². The number of nitrogens with zero attached hydrogens (tertiary/aromatic N) is 3. The van der Waals surface area contributed by atoms with Crippen molar-refractivity contribution in [2.75, 3.05) is 37.6 Å². The highest BCUT2D eigenvalue weighted by atomic mass is 15.3. The van der Waals surface area contributed by atoms with Crippen molar-refractivity contribution in [3.05, 3.63) is 30.3 Å². The standard InChI is InChI=1S/C13H18N4/c14-10-12(15)11-16-6-8-17(9-7-16)13-4-2-1-3-5-13/h1-5,12H,6-9,11,15H2. The van der Waals surface area contributed by atoms with E-state index in [9.17, 15) is 0 Å². The molecule has 1 aromatic carbocycles. The maximum atomic E-state index is 8.68.